The van der Waals surface area contributed by atoms with E-state index in [9.17, 15) is 14.4 Å². The summed E-state index contributed by atoms with van der Waals surface area (Å²) < 4.78 is 1.04. The summed E-state index contributed by atoms with van der Waals surface area (Å²) >= 11 is 1.48. The van der Waals surface area contributed by atoms with Gasteiger partial charge in [-0.3, -0.25) is 29.2 Å². The Balaban J connectivity index is 1.51. The maximum Gasteiger partial charge on any atom is 0.260 e. The lowest BCUT2D eigenvalue weighted by atomic mass is 10.1. The third-order valence-electron chi connectivity index (χ3n) is 5.76. The Labute approximate surface area is 200 Å². The highest BCUT2D eigenvalue weighted by atomic mass is 32.1. The van der Waals surface area contributed by atoms with Crippen molar-refractivity contribution in [2.45, 2.75) is 33.2 Å². The van der Waals surface area contributed by atoms with E-state index in [1.807, 2.05) is 38.1 Å². The van der Waals surface area contributed by atoms with E-state index >= 15 is 0 Å². The molecule has 0 saturated carbocycles. The third kappa shape index (κ3) is 4.08. The van der Waals surface area contributed by atoms with E-state index in [1.165, 1.54) is 16.2 Å². The van der Waals surface area contributed by atoms with Gasteiger partial charge in [0.1, 0.15) is 0 Å². The average Bonchev–Trinajstić information content (AvgIpc) is 3.40. The number of anilines is 2. The Kier molecular flexibility index (Phi) is 5.67. The number of hydrogen-bond acceptors (Lipinski definition) is 6. The molecule has 1 aliphatic rings. The molecule has 5 rings (SSSR count). The largest absolute Gasteiger partial charge is 0.278 e. The van der Waals surface area contributed by atoms with Crippen LogP contribution in [-0.2, 0) is 16.1 Å². The number of benzene rings is 2. The molecule has 2 aromatic heterocycles. The normalized spacial score (nSPS) is 13.6. The van der Waals surface area contributed by atoms with Crippen LogP contribution in [0.5, 0.6) is 0 Å². The van der Waals surface area contributed by atoms with E-state index in [0.717, 1.165) is 27.0 Å². The van der Waals surface area contributed by atoms with E-state index in [4.69, 9.17) is 4.98 Å². The van der Waals surface area contributed by atoms with Crippen molar-refractivity contribution in [3.8, 4) is 0 Å². The van der Waals surface area contributed by atoms with Crippen molar-refractivity contribution in [1.82, 2.24) is 9.97 Å². The standard InChI is InChI=1S/C26H22N4O3S/c1-16-13-17(2)24-21(14-16)28-26(34-24)29(15-19-5-3-4-12-27-19)25(33)18-6-8-20(9-7-18)30-22(31)10-11-23(30)32/h3-9,12-14H,10-11,15H2,1-2H3. The number of nitrogens with zero attached hydrogens (tertiary/aromatic N) is 4. The Morgan fingerprint density at radius 1 is 1.03 bits per heavy atom. The zero-order valence-corrected chi connectivity index (χ0v) is 19.6. The number of amides is 3. The molecule has 1 saturated heterocycles. The zero-order valence-electron chi connectivity index (χ0n) is 18.8. The highest BCUT2D eigenvalue weighted by Crippen LogP contribution is 2.34. The molecule has 3 heterocycles. The topological polar surface area (TPSA) is 83.5 Å². The molecular formula is C26H22N4O3S. The number of carbonyl (C=O) groups excluding carboxylic acids is 3. The first-order chi connectivity index (χ1) is 16.4. The maximum absolute atomic E-state index is 13.7. The predicted octanol–water partition coefficient (Wildman–Crippen LogP) is 4.81. The molecule has 170 valence electrons. The lowest BCUT2D eigenvalue weighted by Crippen LogP contribution is -2.31. The van der Waals surface area contributed by atoms with Gasteiger partial charge in [-0.2, -0.15) is 0 Å². The van der Waals surface area contributed by atoms with Crippen LogP contribution < -0.4 is 9.80 Å². The second-order valence-corrected chi connectivity index (χ2v) is 9.29. The van der Waals surface area contributed by atoms with Crippen molar-refractivity contribution in [3.63, 3.8) is 0 Å². The molecule has 0 aliphatic carbocycles. The van der Waals surface area contributed by atoms with Crippen LogP contribution in [0.15, 0.2) is 60.8 Å². The SMILES string of the molecule is Cc1cc(C)c2sc(N(Cc3ccccn3)C(=O)c3ccc(N4C(=O)CCC4=O)cc3)nc2c1. The number of thiazole rings is 1. The first-order valence-electron chi connectivity index (χ1n) is 11.0. The number of fused-ring (bicyclic) bond motifs is 1. The summed E-state index contributed by atoms with van der Waals surface area (Å²) in [5.74, 6) is -0.674. The van der Waals surface area contributed by atoms with Crippen LogP contribution >= 0.6 is 11.3 Å². The molecule has 0 bridgehead atoms. The monoisotopic (exact) mass is 470 g/mol. The van der Waals surface area contributed by atoms with Gasteiger partial charge in [-0.15, -0.1) is 0 Å². The molecular weight excluding hydrogens is 448 g/mol. The number of rotatable bonds is 5. The first-order valence-corrected chi connectivity index (χ1v) is 11.8. The van der Waals surface area contributed by atoms with Crippen LogP contribution in [0.3, 0.4) is 0 Å². The van der Waals surface area contributed by atoms with Crippen LogP contribution in [0.1, 0.15) is 40.0 Å². The maximum atomic E-state index is 13.7. The molecule has 1 aliphatic heterocycles. The van der Waals surface area contributed by atoms with Gasteiger partial charge < -0.3 is 0 Å². The van der Waals surface area contributed by atoms with Gasteiger partial charge in [0.05, 0.1) is 28.1 Å². The molecule has 0 unspecified atom stereocenters. The number of imide groups is 1. The van der Waals surface area contributed by atoms with E-state index in [1.54, 1.807) is 35.4 Å². The van der Waals surface area contributed by atoms with E-state index in [2.05, 4.69) is 11.1 Å². The fourth-order valence-electron chi connectivity index (χ4n) is 4.13. The Bertz CT molecular complexity index is 1400. The minimum Gasteiger partial charge on any atom is -0.278 e. The van der Waals surface area contributed by atoms with Gasteiger partial charge >= 0.3 is 0 Å². The predicted molar refractivity (Wildman–Crippen MR) is 132 cm³/mol. The van der Waals surface area contributed by atoms with Gasteiger partial charge in [0, 0.05) is 24.6 Å². The number of pyridine rings is 1. The molecule has 0 spiro atoms. The fraction of sp³-hybridized carbons (Fsp3) is 0.192. The molecule has 3 amide bonds. The molecule has 34 heavy (non-hydrogen) atoms. The van der Waals surface area contributed by atoms with E-state index in [0.29, 0.717) is 16.4 Å². The van der Waals surface area contributed by atoms with Crippen molar-refractivity contribution in [2.24, 2.45) is 0 Å². The number of aryl methyl sites for hydroxylation is 2. The second-order valence-electron chi connectivity index (χ2n) is 8.31. The van der Waals surface area contributed by atoms with Gasteiger partial charge in [-0.25, -0.2) is 4.98 Å². The quantitative estimate of drug-likeness (QED) is 0.391. The van der Waals surface area contributed by atoms with Crippen LogP contribution in [0, 0.1) is 13.8 Å². The van der Waals surface area contributed by atoms with E-state index in [-0.39, 0.29) is 37.1 Å². The van der Waals surface area contributed by atoms with E-state index < -0.39 is 0 Å². The molecule has 1 fully saturated rings. The van der Waals surface area contributed by atoms with Crippen LogP contribution in [0.4, 0.5) is 10.8 Å². The lowest BCUT2D eigenvalue weighted by Gasteiger charge is -2.20. The second kappa shape index (κ2) is 8.79. The smallest absolute Gasteiger partial charge is 0.260 e. The van der Waals surface area contributed by atoms with Crippen molar-refractivity contribution in [2.75, 3.05) is 9.80 Å². The van der Waals surface area contributed by atoms with Gasteiger partial charge in [-0.1, -0.05) is 23.5 Å². The highest BCUT2D eigenvalue weighted by molar-refractivity contribution is 7.22. The third-order valence-corrected chi connectivity index (χ3v) is 6.98. The van der Waals surface area contributed by atoms with Gasteiger partial charge in [-0.05, 0) is 67.4 Å². The molecule has 7 nitrogen and oxygen atoms in total. The van der Waals surface area contributed by atoms with Crippen molar-refractivity contribution in [1.29, 1.82) is 0 Å². The summed E-state index contributed by atoms with van der Waals surface area (Å²) in [4.78, 5) is 49.7. The molecule has 2 aromatic carbocycles. The van der Waals surface area contributed by atoms with Crippen LogP contribution in [-0.4, -0.2) is 27.7 Å². The summed E-state index contributed by atoms with van der Waals surface area (Å²) in [6, 6.07) is 16.3. The molecule has 0 atom stereocenters. The Morgan fingerprint density at radius 2 is 1.76 bits per heavy atom. The lowest BCUT2D eigenvalue weighted by molar-refractivity contribution is -0.121. The minimum absolute atomic E-state index is 0.216. The van der Waals surface area contributed by atoms with Gasteiger partial charge in [0.2, 0.25) is 11.8 Å². The van der Waals surface area contributed by atoms with Crippen LogP contribution in [0.25, 0.3) is 10.2 Å². The summed E-state index contributed by atoms with van der Waals surface area (Å²) in [6.07, 6.45) is 2.13. The molecule has 0 N–H and O–H groups in total. The zero-order chi connectivity index (χ0) is 23.8. The van der Waals surface area contributed by atoms with Crippen LogP contribution in [0.2, 0.25) is 0 Å². The fourth-order valence-corrected chi connectivity index (χ4v) is 5.15. The summed E-state index contributed by atoms with van der Waals surface area (Å²) in [5, 5.41) is 0.591. The Morgan fingerprint density at radius 3 is 2.44 bits per heavy atom. The summed E-state index contributed by atoms with van der Waals surface area (Å²) in [7, 11) is 0. The summed E-state index contributed by atoms with van der Waals surface area (Å²) in [5.41, 5.74) is 4.75. The first kappa shape index (κ1) is 21.9. The van der Waals surface area contributed by atoms with Gasteiger partial charge in [0.15, 0.2) is 5.13 Å². The van der Waals surface area contributed by atoms with Crippen molar-refractivity contribution < 1.29 is 14.4 Å². The molecule has 4 aromatic rings. The van der Waals surface area contributed by atoms with Crippen molar-refractivity contribution >= 4 is 50.1 Å². The molecule has 8 heteroatoms. The average molecular weight is 471 g/mol. The minimum atomic E-state index is -0.232. The Hall–Kier alpha value is -3.91. The highest BCUT2D eigenvalue weighted by Gasteiger charge is 2.30. The molecule has 0 radical (unpaired) electrons. The number of aromatic nitrogens is 2. The number of hydrogen-bond donors (Lipinski definition) is 0. The summed E-state index contributed by atoms with van der Waals surface area (Å²) in [6.45, 7) is 4.34. The van der Waals surface area contributed by atoms with Gasteiger partial charge in [0.25, 0.3) is 5.91 Å². The number of carbonyl (C=O) groups is 3. The van der Waals surface area contributed by atoms with Crippen molar-refractivity contribution in [3.05, 3.63) is 83.2 Å².